The minimum Gasteiger partial charge on any atom is -0.493 e. The zero-order chi connectivity index (χ0) is 27.6. The third-order valence-electron chi connectivity index (χ3n) is 6.96. The number of fused-ring (bicyclic) bond motifs is 1. The van der Waals surface area contributed by atoms with Crippen LogP contribution in [0.3, 0.4) is 0 Å². The molecule has 1 atom stereocenters. The molecule has 2 aromatic heterocycles. The van der Waals surface area contributed by atoms with E-state index in [1.807, 2.05) is 70.2 Å². The van der Waals surface area contributed by atoms with Crippen LogP contribution in [0.4, 0.5) is 4.79 Å². The van der Waals surface area contributed by atoms with E-state index >= 15 is 0 Å². The summed E-state index contributed by atoms with van der Waals surface area (Å²) in [4.78, 5) is 28.2. The summed E-state index contributed by atoms with van der Waals surface area (Å²) in [6.07, 6.45) is 5.53. The zero-order valence-electron chi connectivity index (χ0n) is 22.9. The third kappa shape index (κ3) is 5.98. The second-order valence-electron chi connectivity index (χ2n) is 10.9. The van der Waals surface area contributed by atoms with E-state index in [2.05, 4.69) is 12.1 Å². The highest BCUT2D eigenvalue weighted by atomic mass is 16.6. The molecule has 2 aromatic carbocycles. The molecule has 202 valence electrons. The topological polar surface area (TPSA) is 83.6 Å². The first kappa shape index (κ1) is 26.5. The van der Waals surface area contributed by atoms with Gasteiger partial charge in [0.1, 0.15) is 23.4 Å². The van der Waals surface area contributed by atoms with E-state index < -0.39 is 11.7 Å². The molecule has 0 saturated heterocycles. The molecule has 0 spiro atoms. The first-order valence-electron chi connectivity index (χ1n) is 13.4. The number of carbonyl (C=O) groups is 2. The SMILES string of the molecule is Cc1oc(-c2ccc(-c3cccn3C(=O)OC(C)(C)C)cc2)nc1CCOc1ccc2c(c1)CC[C@H]2CC=O. The van der Waals surface area contributed by atoms with Crippen LogP contribution in [-0.4, -0.2) is 34.1 Å². The van der Waals surface area contributed by atoms with E-state index in [1.165, 1.54) is 15.7 Å². The molecule has 1 aliphatic rings. The molecule has 0 unspecified atom stereocenters. The highest BCUT2D eigenvalue weighted by Crippen LogP contribution is 2.37. The van der Waals surface area contributed by atoms with Gasteiger partial charge >= 0.3 is 6.09 Å². The lowest BCUT2D eigenvalue weighted by Gasteiger charge is -2.20. The lowest BCUT2D eigenvalue weighted by atomic mass is 9.99. The van der Waals surface area contributed by atoms with E-state index in [4.69, 9.17) is 18.9 Å². The van der Waals surface area contributed by atoms with Crippen molar-refractivity contribution in [3.63, 3.8) is 0 Å². The van der Waals surface area contributed by atoms with Crippen LogP contribution in [0.5, 0.6) is 5.75 Å². The van der Waals surface area contributed by atoms with Crippen LogP contribution in [-0.2, 0) is 22.4 Å². The van der Waals surface area contributed by atoms with Crippen molar-refractivity contribution < 1.29 is 23.5 Å². The van der Waals surface area contributed by atoms with Crippen molar-refractivity contribution in [1.82, 2.24) is 9.55 Å². The minimum atomic E-state index is -0.573. The van der Waals surface area contributed by atoms with Gasteiger partial charge in [0.2, 0.25) is 5.89 Å². The highest BCUT2D eigenvalue weighted by molar-refractivity contribution is 5.79. The summed E-state index contributed by atoms with van der Waals surface area (Å²) in [5.41, 5.74) is 5.34. The monoisotopic (exact) mass is 526 g/mol. The van der Waals surface area contributed by atoms with Gasteiger partial charge in [-0.15, -0.1) is 0 Å². The molecule has 7 heteroatoms. The number of ether oxygens (including phenoxy) is 2. The van der Waals surface area contributed by atoms with Crippen LogP contribution in [0.2, 0.25) is 0 Å². The molecule has 0 fully saturated rings. The van der Waals surface area contributed by atoms with Crippen molar-refractivity contribution in [1.29, 1.82) is 0 Å². The minimum absolute atomic E-state index is 0.340. The predicted octanol–water partition coefficient (Wildman–Crippen LogP) is 7.14. The molecule has 5 rings (SSSR count). The van der Waals surface area contributed by atoms with Gasteiger partial charge in [0.25, 0.3) is 0 Å². The molecule has 0 aliphatic heterocycles. The Hall–Kier alpha value is -4.13. The number of oxazole rings is 1. The van der Waals surface area contributed by atoms with Crippen LogP contribution < -0.4 is 4.74 Å². The highest BCUT2D eigenvalue weighted by Gasteiger charge is 2.23. The van der Waals surface area contributed by atoms with Crippen LogP contribution in [0, 0.1) is 6.92 Å². The normalized spacial score (nSPS) is 14.7. The summed E-state index contributed by atoms with van der Waals surface area (Å²) in [5, 5.41) is 0. The van der Waals surface area contributed by atoms with Gasteiger partial charge in [0, 0.05) is 24.6 Å². The second-order valence-corrected chi connectivity index (χ2v) is 10.9. The standard InChI is InChI=1S/C32H34N2O5/c1-21-28(16-19-37-26-13-14-27-22(15-18-35)7-12-25(27)20-26)33-30(38-21)24-10-8-23(9-11-24)29-6-5-17-34(29)31(36)39-32(2,3)4/h5-6,8-11,13-14,17-18,20,22H,7,12,15-16,19H2,1-4H3/t22-/m0/s1. The van der Waals surface area contributed by atoms with Crippen LogP contribution >= 0.6 is 0 Å². The lowest BCUT2D eigenvalue weighted by molar-refractivity contribution is -0.108. The van der Waals surface area contributed by atoms with Gasteiger partial charge in [0.05, 0.1) is 18.0 Å². The molecule has 1 aliphatic carbocycles. The molecule has 0 saturated carbocycles. The first-order valence-corrected chi connectivity index (χ1v) is 13.4. The molecule has 39 heavy (non-hydrogen) atoms. The number of nitrogens with zero attached hydrogens (tertiary/aromatic N) is 2. The summed E-state index contributed by atoms with van der Waals surface area (Å²) in [5.74, 6) is 2.50. The van der Waals surface area contributed by atoms with Crippen molar-refractivity contribution in [2.45, 2.75) is 64.9 Å². The maximum absolute atomic E-state index is 12.6. The van der Waals surface area contributed by atoms with Crippen molar-refractivity contribution in [3.05, 3.63) is 83.4 Å². The van der Waals surface area contributed by atoms with E-state index in [9.17, 15) is 9.59 Å². The van der Waals surface area contributed by atoms with Crippen LogP contribution in [0.1, 0.15) is 62.1 Å². The summed E-state index contributed by atoms with van der Waals surface area (Å²) >= 11 is 0. The average molecular weight is 527 g/mol. The van der Waals surface area contributed by atoms with E-state index in [0.29, 0.717) is 31.3 Å². The van der Waals surface area contributed by atoms with Crippen LogP contribution in [0.15, 0.2) is 65.2 Å². The average Bonchev–Trinajstić information content (AvgIpc) is 3.63. The molecule has 0 radical (unpaired) electrons. The summed E-state index contributed by atoms with van der Waals surface area (Å²) in [6, 6.07) is 17.7. The van der Waals surface area contributed by atoms with Gasteiger partial charge in [-0.1, -0.05) is 18.2 Å². The summed E-state index contributed by atoms with van der Waals surface area (Å²) < 4.78 is 19.0. The molecule has 0 N–H and O–H groups in total. The lowest BCUT2D eigenvalue weighted by Crippen LogP contribution is -2.27. The fraction of sp³-hybridized carbons (Fsp3) is 0.344. The van der Waals surface area contributed by atoms with Crippen molar-refractivity contribution >= 4 is 12.4 Å². The molecule has 0 amide bonds. The Morgan fingerprint density at radius 1 is 1.13 bits per heavy atom. The molecule has 4 aromatic rings. The maximum Gasteiger partial charge on any atom is 0.418 e. The first-order chi connectivity index (χ1) is 18.7. The Morgan fingerprint density at radius 3 is 2.64 bits per heavy atom. The van der Waals surface area contributed by atoms with Gasteiger partial charge in [-0.3, -0.25) is 4.57 Å². The zero-order valence-corrected chi connectivity index (χ0v) is 22.9. The predicted molar refractivity (Wildman–Crippen MR) is 149 cm³/mol. The summed E-state index contributed by atoms with van der Waals surface area (Å²) in [7, 11) is 0. The number of hydrogen-bond donors (Lipinski definition) is 0. The fourth-order valence-corrected chi connectivity index (χ4v) is 5.05. The van der Waals surface area contributed by atoms with E-state index in [1.54, 1.807) is 6.20 Å². The molecule has 7 nitrogen and oxygen atoms in total. The Balaban J connectivity index is 1.22. The fourth-order valence-electron chi connectivity index (χ4n) is 5.05. The Labute approximate surface area is 228 Å². The van der Waals surface area contributed by atoms with Crippen molar-refractivity contribution in [2.24, 2.45) is 0 Å². The van der Waals surface area contributed by atoms with E-state index in [-0.39, 0.29) is 0 Å². The number of aromatic nitrogens is 2. The molecular formula is C32H34N2O5. The third-order valence-corrected chi connectivity index (χ3v) is 6.96. The second kappa shape index (κ2) is 10.9. The largest absolute Gasteiger partial charge is 0.493 e. The number of hydrogen-bond acceptors (Lipinski definition) is 6. The Bertz CT molecular complexity index is 1470. The smallest absolute Gasteiger partial charge is 0.418 e. The van der Waals surface area contributed by atoms with Crippen LogP contribution in [0.25, 0.3) is 22.7 Å². The van der Waals surface area contributed by atoms with Crippen molar-refractivity contribution in [2.75, 3.05) is 6.61 Å². The van der Waals surface area contributed by atoms with Gasteiger partial charge in [-0.25, -0.2) is 9.78 Å². The van der Waals surface area contributed by atoms with E-state index in [0.717, 1.165) is 53.2 Å². The summed E-state index contributed by atoms with van der Waals surface area (Å²) in [6.45, 7) is 7.95. The number of aryl methyl sites for hydroxylation is 2. The Morgan fingerprint density at radius 2 is 1.90 bits per heavy atom. The Kier molecular flexibility index (Phi) is 7.42. The van der Waals surface area contributed by atoms with Gasteiger partial charge in [0.15, 0.2) is 0 Å². The molecule has 2 heterocycles. The number of aldehydes is 1. The molecular weight excluding hydrogens is 492 g/mol. The quantitative estimate of drug-likeness (QED) is 0.227. The number of benzene rings is 2. The molecule has 0 bridgehead atoms. The van der Waals surface area contributed by atoms with Crippen molar-refractivity contribution in [3.8, 4) is 28.5 Å². The number of rotatable bonds is 8. The van der Waals surface area contributed by atoms with Gasteiger partial charge < -0.3 is 18.7 Å². The maximum atomic E-state index is 12.6. The van der Waals surface area contributed by atoms with Gasteiger partial charge in [-0.2, -0.15) is 0 Å². The number of carbonyl (C=O) groups excluding carboxylic acids is 2. The van der Waals surface area contributed by atoms with Gasteiger partial charge in [-0.05, 0) is 99.5 Å².